The average Bonchev–Trinajstić information content (AvgIpc) is 3.11. The maximum Gasteiger partial charge on any atom is 0.212 e. The molecule has 9 nitrogen and oxygen atoms in total. The zero-order valence-electron chi connectivity index (χ0n) is 15.3. The third-order valence-electron chi connectivity index (χ3n) is 4.52. The van der Waals surface area contributed by atoms with Gasteiger partial charge in [-0.1, -0.05) is 22.9 Å². The van der Waals surface area contributed by atoms with Crippen molar-refractivity contribution in [1.29, 1.82) is 0 Å². The van der Waals surface area contributed by atoms with Crippen molar-refractivity contribution in [3.05, 3.63) is 22.2 Å². The monoisotopic (exact) mass is 419 g/mol. The van der Waals surface area contributed by atoms with Crippen molar-refractivity contribution in [3.8, 4) is 11.5 Å². The first-order chi connectivity index (χ1) is 13.5. The summed E-state index contributed by atoms with van der Waals surface area (Å²) in [5.41, 5.74) is 7.64. The summed E-state index contributed by atoms with van der Waals surface area (Å²) in [6.07, 6.45) is 0.372. The average molecular weight is 420 g/mol. The highest BCUT2D eigenvalue weighted by Crippen LogP contribution is 2.42. The van der Waals surface area contributed by atoms with Gasteiger partial charge >= 0.3 is 0 Å². The summed E-state index contributed by atoms with van der Waals surface area (Å²) in [4.78, 5) is 16.4. The van der Waals surface area contributed by atoms with Gasteiger partial charge in [-0.3, -0.25) is 9.88 Å². The molecule has 0 saturated heterocycles. The molecular formula is C17H18ClN7O2S. The van der Waals surface area contributed by atoms with Gasteiger partial charge < -0.3 is 20.1 Å². The lowest BCUT2D eigenvalue weighted by Crippen LogP contribution is -2.31. The standard InChI is InChI=1S/C17H18ClN7O2S/c1-24(2)17-21-13(18)12(28-17)14-22-15(19)23-16-20-8-6-10-11(7-9(8)25(14)16)27-5-3-4-26-10/h6-7,14H,3-5H2,1-2H3,(H3,19,20,22,23). The van der Waals surface area contributed by atoms with Gasteiger partial charge in [0.25, 0.3) is 0 Å². The number of aliphatic imine (C=N–C) groups is 1. The molecule has 1 atom stereocenters. The van der Waals surface area contributed by atoms with Crippen molar-refractivity contribution in [2.24, 2.45) is 10.7 Å². The van der Waals surface area contributed by atoms with Gasteiger partial charge in [0.2, 0.25) is 5.95 Å². The second-order valence-corrected chi connectivity index (χ2v) is 8.07. The topological polar surface area (TPSA) is 103 Å². The molecule has 0 amide bonds. The molecule has 0 saturated carbocycles. The predicted octanol–water partition coefficient (Wildman–Crippen LogP) is 2.66. The van der Waals surface area contributed by atoms with Crippen LogP contribution in [0.4, 0.5) is 11.1 Å². The van der Waals surface area contributed by atoms with Crippen LogP contribution in [-0.2, 0) is 0 Å². The smallest absolute Gasteiger partial charge is 0.212 e. The normalized spacial score (nSPS) is 18.2. The molecule has 11 heteroatoms. The number of nitrogens with two attached hydrogens (primary N) is 1. The molecule has 2 aromatic heterocycles. The number of anilines is 2. The van der Waals surface area contributed by atoms with Gasteiger partial charge in [0.1, 0.15) is 5.15 Å². The van der Waals surface area contributed by atoms with Gasteiger partial charge in [-0.05, 0) is 0 Å². The fourth-order valence-electron chi connectivity index (χ4n) is 3.25. The van der Waals surface area contributed by atoms with Gasteiger partial charge in [0, 0.05) is 32.6 Å². The third kappa shape index (κ3) is 2.71. The van der Waals surface area contributed by atoms with Crippen LogP contribution in [0.3, 0.4) is 0 Å². The van der Waals surface area contributed by atoms with E-state index in [0.717, 1.165) is 27.5 Å². The molecule has 0 radical (unpaired) electrons. The van der Waals surface area contributed by atoms with Crippen LogP contribution in [0.15, 0.2) is 17.1 Å². The van der Waals surface area contributed by atoms with Crippen LogP contribution < -0.4 is 25.4 Å². The lowest BCUT2D eigenvalue weighted by Gasteiger charge is -2.22. The Balaban J connectivity index is 1.70. The summed E-state index contributed by atoms with van der Waals surface area (Å²) in [6, 6.07) is 3.82. The van der Waals surface area contributed by atoms with Crippen LogP contribution in [0, 0.1) is 0 Å². The second kappa shape index (κ2) is 6.42. The van der Waals surface area contributed by atoms with Crippen molar-refractivity contribution in [2.75, 3.05) is 37.5 Å². The highest BCUT2D eigenvalue weighted by molar-refractivity contribution is 7.16. The Kier molecular flexibility index (Phi) is 3.98. The van der Waals surface area contributed by atoms with Crippen molar-refractivity contribution < 1.29 is 9.47 Å². The zero-order chi connectivity index (χ0) is 19.4. The molecular weight excluding hydrogens is 402 g/mol. The lowest BCUT2D eigenvalue weighted by atomic mass is 10.2. The second-order valence-electron chi connectivity index (χ2n) is 6.70. The highest BCUT2D eigenvalue weighted by Gasteiger charge is 2.30. The molecule has 146 valence electrons. The van der Waals surface area contributed by atoms with Crippen LogP contribution in [0.5, 0.6) is 11.5 Å². The number of rotatable bonds is 2. The molecule has 2 aliphatic rings. The number of hydrogen-bond donors (Lipinski definition) is 2. The van der Waals surface area contributed by atoms with E-state index in [1.54, 1.807) is 0 Å². The molecule has 0 bridgehead atoms. The van der Waals surface area contributed by atoms with Gasteiger partial charge in [-0.2, -0.15) is 0 Å². The summed E-state index contributed by atoms with van der Waals surface area (Å²) in [6.45, 7) is 1.23. The highest BCUT2D eigenvalue weighted by atomic mass is 35.5. The molecule has 5 rings (SSSR count). The molecule has 1 unspecified atom stereocenters. The van der Waals surface area contributed by atoms with Crippen LogP contribution in [0.25, 0.3) is 11.0 Å². The minimum absolute atomic E-state index is 0.276. The third-order valence-corrected chi connectivity index (χ3v) is 6.18. The molecule has 2 aliphatic heterocycles. The number of fused-ring (bicyclic) bond motifs is 4. The first-order valence-corrected chi connectivity index (χ1v) is 9.96. The van der Waals surface area contributed by atoms with Crippen LogP contribution in [0.1, 0.15) is 17.5 Å². The summed E-state index contributed by atoms with van der Waals surface area (Å²) >= 11 is 7.93. The molecule has 0 spiro atoms. The number of aromatic nitrogens is 3. The van der Waals surface area contributed by atoms with E-state index < -0.39 is 6.17 Å². The van der Waals surface area contributed by atoms with E-state index in [-0.39, 0.29) is 5.96 Å². The van der Waals surface area contributed by atoms with E-state index in [0.29, 0.717) is 35.8 Å². The number of nitrogens with one attached hydrogen (secondary N) is 1. The lowest BCUT2D eigenvalue weighted by molar-refractivity contribution is 0.297. The van der Waals surface area contributed by atoms with Crippen LogP contribution in [0.2, 0.25) is 5.15 Å². The molecule has 0 fully saturated rings. The summed E-state index contributed by atoms with van der Waals surface area (Å²) in [7, 11) is 3.84. The Morgan fingerprint density at radius 3 is 2.71 bits per heavy atom. The minimum Gasteiger partial charge on any atom is -0.489 e. The number of nitrogens with zero attached hydrogens (tertiary/aromatic N) is 5. The number of ether oxygens (including phenoxy) is 2. The fraction of sp³-hybridized carbons (Fsp3) is 0.353. The molecule has 1 aromatic carbocycles. The van der Waals surface area contributed by atoms with Crippen LogP contribution >= 0.6 is 22.9 Å². The molecule has 3 N–H and O–H groups in total. The first kappa shape index (κ1) is 17.4. The Hall–Kier alpha value is -2.72. The largest absolute Gasteiger partial charge is 0.489 e. The summed E-state index contributed by atoms with van der Waals surface area (Å²) in [5.74, 6) is 2.25. The number of guanidine groups is 1. The maximum atomic E-state index is 6.46. The SMILES string of the molecule is CN(C)c1nc(Cl)c(C2N=C(N)Nc3nc4cc5c(cc4n32)OCCCO5)s1. The number of benzene rings is 1. The Labute approximate surface area is 169 Å². The molecule has 3 aromatic rings. The van der Waals surface area contributed by atoms with Gasteiger partial charge in [-0.15, -0.1) is 0 Å². The van der Waals surface area contributed by atoms with Gasteiger partial charge in [-0.25, -0.2) is 15.0 Å². The van der Waals surface area contributed by atoms with E-state index in [4.69, 9.17) is 26.8 Å². The summed E-state index contributed by atoms with van der Waals surface area (Å²) in [5, 5.41) is 4.23. The zero-order valence-corrected chi connectivity index (χ0v) is 16.8. The maximum absolute atomic E-state index is 6.46. The van der Waals surface area contributed by atoms with E-state index in [1.807, 2.05) is 35.7 Å². The quantitative estimate of drug-likeness (QED) is 0.658. The minimum atomic E-state index is -0.468. The Morgan fingerprint density at radius 1 is 1.25 bits per heavy atom. The van der Waals surface area contributed by atoms with Crippen molar-refractivity contribution in [3.63, 3.8) is 0 Å². The predicted molar refractivity (Wildman–Crippen MR) is 110 cm³/mol. The van der Waals surface area contributed by atoms with E-state index in [2.05, 4.69) is 20.3 Å². The number of thiazole rings is 1. The van der Waals surface area contributed by atoms with E-state index in [9.17, 15) is 0 Å². The number of imidazole rings is 1. The van der Waals surface area contributed by atoms with Gasteiger partial charge in [0.05, 0.1) is 29.1 Å². The van der Waals surface area contributed by atoms with E-state index in [1.165, 1.54) is 11.3 Å². The Bertz CT molecular complexity index is 1110. The van der Waals surface area contributed by atoms with Crippen molar-refractivity contribution >= 4 is 51.0 Å². The Morgan fingerprint density at radius 2 is 2.00 bits per heavy atom. The first-order valence-electron chi connectivity index (χ1n) is 8.76. The van der Waals surface area contributed by atoms with Crippen molar-refractivity contribution in [2.45, 2.75) is 12.6 Å². The summed E-state index contributed by atoms with van der Waals surface area (Å²) < 4.78 is 13.6. The van der Waals surface area contributed by atoms with Crippen LogP contribution in [-0.4, -0.2) is 47.8 Å². The van der Waals surface area contributed by atoms with E-state index >= 15 is 0 Å². The number of halogens is 1. The van der Waals surface area contributed by atoms with Gasteiger partial charge in [0.15, 0.2) is 28.8 Å². The molecule has 4 heterocycles. The molecule has 0 aliphatic carbocycles. The van der Waals surface area contributed by atoms with Crippen molar-refractivity contribution in [1.82, 2.24) is 14.5 Å². The molecule has 28 heavy (non-hydrogen) atoms. The number of hydrogen-bond acceptors (Lipinski definition) is 9. The fourth-order valence-corrected chi connectivity index (χ4v) is 4.51.